The second kappa shape index (κ2) is 4.22. The summed E-state index contributed by atoms with van der Waals surface area (Å²) >= 11 is 3.40. The van der Waals surface area contributed by atoms with E-state index < -0.39 is 6.67 Å². The van der Waals surface area contributed by atoms with Gasteiger partial charge in [0.1, 0.15) is 6.67 Å². The van der Waals surface area contributed by atoms with Crippen LogP contribution in [0.3, 0.4) is 0 Å². The minimum atomic E-state index is -0.420. The maximum absolute atomic E-state index is 12.5. The Balaban J connectivity index is 2.33. The Morgan fingerprint density at radius 1 is 1.40 bits per heavy atom. The number of benzene rings is 1. The SMILES string of the molecule is NCC1(c2ccc(CF)c(Br)c2)CCC1. The maximum Gasteiger partial charge on any atom is 0.116 e. The van der Waals surface area contributed by atoms with Gasteiger partial charge in [0.25, 0.3) is 0 Å². The number of alkyl halides is 1. The van der Waals surface area contributed by atoms with Gasteiger partial charge in [-0.05, 0) is 30.0 Å². The second-order valence-corrected chi connectivity index (χ2v) is 5.13. The van der Waals surface area contributed by atoms with Crippen LogP contribution in [0, 0.1) is 0 Å². The lowest BCUT2D eigenvalue weighted by Gasteiger charge is -2.41. The minimum absolute atomic E-state index is 0.164. The van der Waals surface area contributed by atoms with E-state index in [4.69, 9.17) is 5.73 Å². The van der Waals surface area contributed by atoms with Crippen LogP contribution in [0.2, 0.25) is 0 Å². The molecule has 0 bridgehead atoms. The predicted octanol–water partition coefficient (Wildman–Crippen LogP) is 3.30. The maximum atomic E-state index is 12.5. The van der Waals surface area contributed by atoms with Crippen LogP contribution in [-0.4, -0.2) is 6.54 Å². The summed E-state index contributed by atoms with van der Waals surface area (Å²) in [5.41, 5.74) is 7.96. The first-order chi connectivity index (χ1) is 7.22. The van der Waals surface area contributed by atoms with Crippen molar-refractivity contribution in [1.29, 1.82) is 0 Å². The molecule has 0 saturated heterocycles. The van der Waals surface area contributed by atoms with Crippen molar-refractivity contribution >= 4 is 15.9 Å². The Labute approximate surface area is 98.0 Å². The van der Waals surface area contributed by atoms with Gasteiger partial charge < -0.3 is 5.73 Å². The van der Waals surface area contributed by atoms with Crippen molar-refractivity contribution in [3.63, 3.8) is 0 Å². The van der Waals surface area contributed by atoms with Crippen molar-refractivity contribution in [2.24, 2.45) is 5.73 Å². The molecule has 0 aliphatic heterocycles. The van der Waals surface area contributed by atoms with E-state index in [1.54, 1.807) is 0 Å². The lowest BCUT2D eigenvalue weighted by molar-refractivity contribution is 0.253. The first-order valence-electron chi connectivity index (χ1n) is 5.27. The Hall–Kier alpha value is -0.410. The van der Waals surface area contributed by atoms with Crippen molar-refractivity contribution in [3.8, 4) is 0 Å². The largest absolute Gasteiger partial charge is 0.330 e. The molecule has 0 unspecified atom stereocenters. The zero-order valence-corrected chi connectivity index (χ0v) is 10.2. The van der Waals surface area contributed by atoms with Crippen LogP contribution < -0.4 is 5.73 Å². The Morgan fingerprint density at radius 2 is 2.13 bits per heavy atom. The number of hydrogen-bond donors (Lipinski definition) is 1. The van der Waals surface area contributed by atoms with E-state index in [-0.39, 0.29) is 5.41 Å². The topological polar surface area (TPSA) is 26.0 Å². The molecule has 1 aliphatic carbocycles. The van der Waals surface area contributed by atoms with Crippen LogP contribution in [-0.2, 0) is 12.1 Å². The van der Waals surface area contributed by atoms with Crippen LogP contribution in [0.4, 0.5) is 4.39 Å². The Bertz CT molecular complexity index is 355. The van der Waals surface area contributed by atoms with E-state index in [0.717, 1.165) is 17.3 Å². The van der Waals surface area contributed by atoms with E-state index in [1.165, 1.54) is 12.0 Å². The van der Waals surface area contributed by atoms with Gasteiger partial charge in [0.15, 0.2) is 0 Å². The Kier molecular flexibility index (Phi) is 3.12. The van der Waals surface area contributed by atoms with Crippen molar-refractivity contribution < 1.29 is 4.39 Å². The summed E-state index contributed by atoms with van der Waals surface area (Å²) < 4.78 is 13.4. The van der Waals surface area contributed by atoms with Gasteiger partial charge in [-0.1, -0.05) is 34.5 Å². The molecule has 2 rings (SSSR count). The van der Waals surface area contributed by atoms with Crippen LogP contribution in [0.25, 0.3) is 0 Å². The first-order valence-corrected chi connectivity index (χ1v) is 6.06. The summed E-state index contributed by atoms with van der Waals surface area (Å²) in [5.74, 6) is 0. The van der Waals surface area contributed by atoms with E-state index >= 15 is 0 Å². The fraction of sp³-hybridized carbons (Fsp3) is 0.500. The Morgan fingerprint density at radius 3 is 2.53 bits per heavy atom. The quantitative estimate of drug-likeness (QED) is 0.897. The molecule has 1 fully saturated rings. The highest BCUT2D eigenvalue weighted by Crippen LogP contribution is 2.43. The summed E-state index contributed by atoms with van der Waals surface area (Å²) in [5, 5.41) is 0. The molecule has 1 aliphatic rings. The molecular weight excluding hydrogens is 257 g/mol. The fourth-order valence-corrected chi connectivity index (χ4v) is 2.68. The number of rotatable bonds is 3. The zero-order chi connectivity index (χ0) is 10.9. The summed E-state index contributed by atoms with van der Waals surface area (Å²) in [6.07, 6.45) is 3.56. The fourth-order valence-electron chi connectivity index (χ4n) is 2.20. The van der Waals surface area contributed by atoms with Gasteiger partial charge in [0.05, 0.1) is 0 Å². The van der Waals surface area contributed by atoms with Gasteiger partial charge in [-0.2, -0.15) is 0 Å². The van der Waals surface area contributed by atoms with Crippen molar-refractivity contribution in [1.82, 2.24) is 0 Å². The first kappa shape index (κ1) is 11.1. The molecule has 0 radical (unpaired) electrons. The average molecular weight is 272 g/mol. The lowest BCUT2D eigenvalue weighted by Crippen LogP contribution is -2.41. The van der Waals surface area contributed by atoms with E-state index in [0.29, 0.717) is 12.1 Å². The standard InChI is InChI=1S/C12H15BrFN/c13-11-6-10(3-2-9(11)7-14)12(8-15)4-1-5-12/h2-3,6H,1,4-5,7-8,15H2. The van der Waals surface area contributed by atoms with Crippen LogP contribution in [0.1, 0.15) is 30.4 Å². The molecule has 0 atom stereocenters. The minimum Gasteiger partial charge on any atom is -0.330 e. The normalized spacial score (nSPS) is 18.6. The van der Waals surface area contributed by atoms with E-state index in [9.17, 15) is 4.39 Å². The van der Waals surface area contributed by atoms with Crippen molar-refractivity contribution in [2.45, 2.75) is 31.4 Å². The molecule has 1 aromatic carbocycles. The molecule has 0 aromatic heterocycles. The van der Waals surface area contributed by atoms with Gasteiger partial charge in [-0.3, -0.25) is 0 Å². The monoisotopic (exact) mass is 271 g/mol. The van der Waals surface area contributed by atoms with Gasteiger partial charge in [0.2, 0.25) is 0 Å². The van der Waals surface area contributed by atoms with Gasteiger partial charge in [-0.25, -0.2) is 4.39 Å². The summed E-state index contributed by atoms with van der Waals surface area (Å²) in [6, 6.07) is 5.90. The number of nitrogens with two attached hydrogens (primary N) is 1. The van der Waals surface area contributed by atoms with Crippen molar-refractivity contribution in [3.05, 3.63) is 33.8 Å². The van der Waals surface area contributed by atoms with Gasteiger partial charge >= 0.3 is 0 Å². The molecule has 0 amide bonds. The highest BCUT2D eigenvalue weighted by atomic mass is 79.9. The molecule has 2 N–H and O–H groups in total. The van der Waals surface area contributed by atoms with E-state index in [2.05, 4.69) is 15.9 Å². The lowest BCUT2D eigenvalue weighted by atomic mass is 9.64. The summed E-state index contributed by atoms with van der Waals surface area (Å²) in [4.78, 5) is 0. The molecule has 1 nitrogen and oxygen atoms in total. The van der Waals surface area contributed by atoms with E-state index in [1.807, 2.05) is 18.2 Å². The molecule has 82 valence electrons. The molecule has 1 saturated carbocycles. The van der Waals surface area contributed by atoms with Crippen molar-refractivity contribution in [2.75, 3.05) is 6.54 Å². The molecule has 3 heteroatoms. The van der Waals surface area contributed by atoms with Crippen LogP contribution in [0.5, 0.6) is 0 Å². The molecule has 0 spiro atoms. The smallest absolute Gasteiger partial charge is 0.116 e. The van der Waals surface area contributed by atoms with Crippen LogP contribution in [0.15, 0.2) is 22.7 Å². The van der Waals surface area contributed by atoms with Gasteiger partial charge in [-0.15, -0.1) is 0 Å². The third-order valence-electron chi connectivity index (χ3n) is 3.51. The molecule has 1 aromatic rings. The predicted molar refractivity (Wildman–Crippen MR) is 63.5 cm³/mol. The molecule has 15 heavy (non-hydrogen) atoms. The molecular formula is C12H15BrFN. The average Bonchev–Trinajstić information content (AvgIpc) is 2.17. The summed E-state index contributed by atoms with van der Waals surface area (Å²) in [7, 11) is 0. The molecule has 0 heterocycles. The third kappa shape index (κ3) is 1.83. The second-order valence-electron chi connectivity index (χ2n) is 4.28. The highest BCUT2D eigenvalue weighted by molar-refractivity contribution is 9.10. The summed E-state index contributed by atoms with van der Waals surface area (Å²) in [6.45, 7) is 0.269. The number of hydrogen-bond acceptors (Lipinski definition) is 1. The van der Waals surface area contributed by atoms with Crippen LogP contribution >= 0.6 is 15.9 Å². The number of halogens is 2. The van der Waals surface area contributed by atoms with Gasteiger partial charge in [0, 0.05) is 16.4 Å². The zero-order valence-electron chi connectivity index (χ0n) is 8.60. The third-order valence-corrected chi connectivity index (χ3v) is 4.25. The highest BCUT2D eigenvalue weighted by Gasteiger charge is 2.37.